The van der Waals surface area contributed by atoms with E-state index in [-0.39, 0.29) is 25.4 Å². The standard InChI is InChI=1S/C18H24O5/c1-22-18(21)13-16(19)11-7-2-3-8-12-17(20)23-14-15-9-5-4-6-10-15/h3-6,8-10,16,19H,2,7,11-14H2,1H3/b8-3+. The number of rotatable bonds is 10. The molecule has 126 valence electrons. The van der Waals surface area contributed by atoms with Gasteiger partial charge in [0.25, 0.3) is 0 Å². The van der Waals surface area contributed by atoms with Gasteiger partial charge in [-0.25, -0.2) is 0 Å². The van der Waals surface area contributed by atoms with Gasteiger partial charge in [0.05, 0.1) is 26.1 Å². The molecule has 0 bridgehead atoms. The van der Waals surface area contributed by atoms with Gasteiger partial charge in [0.15, 0.2) is 0 Å². The first-order valence-electron chi connectivity index (χ1n) is 7.71. The Hall–Kier alpha value is -2.14. The van der Waals surface area contributed by atoms with Gasteiger partial charge < -0.3 is 14.6 Å². The predicted molar refractivity (Wildman–Crippen MR) is 86.5 cm³/mol. The number of unbranched alkanes of at least 4 members (excludes halogenated alkanes) is 1. The molecule has 0 aliphatic rings. The fraction of sp³-hybridized carbons (Fsp3) is 0.444. The molecule has 1 aromatic rings. The molecule has 1 unspecified atom stereocenters. The molecule has 23 heavy (non-hydrogen) atoms. The summed E-state index contributed by atoms with van der Waals surface area (Å²) in [7, 11) is 1.30. The van der Waals surface area contributed by atoms with E-state index in [1.165, 1.54) is 7.11 Å². The number of esters is 2. The van der Waals surface area contributed by atoms with Crippen LogP contribution in [0.4, 0.5) is 0 Å². The van der Waals surface area contributed by atoms with Crippen LogP contribution >= 0.6 is 0 Å². The maximum atomic E-state index is 11.5. The van der Waals surface area contributed by atoms with E-state index in [2.05, 4.69) is 4.74 Å². The molecule has 0 saturated carbocycles. The third-order valence-electron chi connectivity index (χ3n) is 3.23. The first-order valence-corrected chi connectivity index (χ1v) is 7.71. The minimum absolute atomic E-state index is 0.0199. The monoisotopic (exact) mass is 320 g/mol. The van der Waals surface area contributed by atoms with Crippen LogP contribution in [-0.4, -0.2) is 30.3 Å². The minimum Gasteiger partial charge on any atom is -0.469 e. The third-order valence-corrected chi connectivity index (χ3v) is 3.23. The number of carbonyl (C=O) groups excluding carboxylic acids is 2. The second kappa shape index (κ2) is 11.4. The zero-order valence-corrected chi connectivity index (χ0v) is 13.4. The lowest BCUT2D eigenvalue weighted by molar-refractivity contribution is -0.144. The lowest BCUT2D eigenvalue weighted by Gasteiger charge is -2.07. The number of benzene rings is 1. The second-order valence-corrected chi connectivity index (χ2v) is 5.19. The van der Waals surface area contributed by atoms with Crippen LogP contribution in [0.2, 0.25) is 0 Å². The molecule has 1 N–H and O–H groups in total. The van der Waals surface area contributed by atoms with Crippen molar-refractivity contribution in [2.75, 3.05) is 7.11 Å². The highest BCUT2D eigenvalue weighted by Crippen LogP contribution is 2.07. The molecule has 0 spiro atoms. The molecule has 1 aromatic carbocycles. The molecule has 0 saturated heterocycles. The van der Waals surface area contributed by atoms with Crippen molar-refractivity contribution in [3.63, 3.8) is 0 Å². The van der Waals surface area contributed by atoms with E-state index >= 15 is 0 Å². The SMILES string of the molecule is COC(=O)CC(O)CCC/C=C/CC(=O)OCc1ccccc1. The van der Waals surface area contributed by atoms with Crippen LogP contribution in [0.5, 0.6) is 0 Å². The zero-order chi connectivity index (χ0) is 16.9. The van der Waals surface area contributed by atoms with Crippen molar-refractivity contribution in [3.8, 4) is 0 Å². The number of aliphatic hydroxyl groups excluding tert-OH is 1. The molecule has 1 atom stereocenters. The fourth-order valence-corrected chi connectivity index (χ4v) is 1.94. The zero-order valence-electron chi connectivity index (χ0n) is 13.4. The van der Waals surface area contributed by atoms with E-state index in [0.29, 0.717) is 6.42 Å². The molecule has 0 aliphatic carbocycles. The van der Waals surface area contributed by atoms with E-state index in [1.807, 2.05) is 36.4 Å². The van der Waals surface area contributed by atoms with Gasteiger partial charge in [-0.15, -0.1) is 0 Å². The highest BCUT2D eigenvalue weighted by atomic mass is 16.5. The summed E-state index contributed by atoms with van der Waals surface area (Å²) < 4.78 is 9.63. The molecule has 0 radical (unpaired) electrons. The Balaban J connectivity index is 2.07. The topological polar surface area (TPSA) is 72.8 Å². The van der Waals surface area contributed by atoms with E-state index in [9.17, 15) is 14.7 Å². The van der Waals surface area contributed by atoms with E-state index in [0.717, 1.165) is 18.4 Å². The third kappa shape index (κ3) is 9.47. The van der Waals surface area contributed by atoms with Crippen molar-refractivity contribution >= 4 is 11.9 Å². The smallest absolute Gasteiger partial charge is 0.309 e. The van der Waals surface area contributed by atoms with Crippen LogP contribution in [-0.2, 0) is 25.7 Å². The maximum Gasteiger partial charge on any atom is 0.309 e. The van der Waals surface area contributed by atoms with Crippen LogP contribution < -0.4 is 0 Å². The van der Waals surface area contributed by atoms with E-state index in [4.69, 9.17) is 4.74 Å². The molecule has 1 rings (SSSR count). The number of hydrogen-bond donors (Lipinski definition) is 1. The van der Waals surface area contributed by atoms with Gasteiger partial charge in [0, 0.05) is 0 Å². The van der Waals surface area contributed by atoms with Crippen molar-refractivity contribution in [3.05, 3.63) is 48.0 Å². The second-order valence-electron chi connectivity index (χ2n) is 5.19. The van der Waals surface area contributed by atoms with Gasteiger partial charge in [-0.1, -0.05) is 42.5 Å². The normalized spacial score (nSPS) is 12.1. The van der Waals surface area contributed by atoms with Crippen LogP contribution in [0.1, 0.15) is 37.7 Å². The Morgan fingerprint density at radius 2 is 1.91 bits per heavy atom. The number of ether oxygens (including phenoxy) is 2. The maximum absolute atomic E-state index is 11.5. The van der Waals surface area contributed by atoms with Crippen molar-refractivity contribution < 1.29 is 24.2 Å². The summed E-state index contributed by atoms with van der Waals surface area (Å²) in [5.74, 6) is -0.676. The van der Waals surface area contributed by atoms with Gasteiger partial charge in [-0.05, 0) is 24.8 Å². The Morgan fingerprint density at radius 3 is 2.61 bits per heavy atom. The molecule has 0 heterocycles. The van der Waals surface area contributed by atoms with E-state index < -0.39 is 12.1 Å². The Morgan fingerprint density at radius 1 is 1.17 bits per heavy atom. The number of carbonyl (C=O) groups is 2. The molecule has 0 aromatic heterocycles. The highest BCUT2D eigenvalue weighted by Gasteiger charge is 2.09. The van der Waals surface area contributed by atoms with Crippen LogP contribution in [0.25, 0.3) is 0 Å². The molecule has 5 heteroatoms. The Labute approximate surface area is 136 Å². The molecule has 0 aliphatic heterocycles. The van der Waals surface area contributed by atoms with Gasteiger partial charge in [0.2, 0.25) is 0 Å². The number of methoxy groups -OCH3 is 1. The summed E-state index contributed by atoms with van der Waals surface area (Å²) >= 11 is 0. The number of hydrogen-bond acceptors (Lipinski definition) is 5. The first kappa shape index (κ1) is 18.9. The van der Waals surface area contributed by atoms with Crippen LogP contribution in [0.3, 0.4) is 0 Å². The van der Waals surface area contributed by atoms with Crippen LogP contribution in [0.15, 0.2) is 42.5 Å². The molecular weight excluding hydrogens is 296 g/mol. The highest BCUT2D eigenvalue weighted by molar-refractivity contribution is 5.71. The number of allylic oxidation sites excluding steroid dienone is 1. The lowest BCUT2D eigenvalue weighted by atomic mass is 10.1. The first-order chi connectivity index (χ1) is 11.1. The van der Waals surface area contributed by atoms with Crippen molar-refractivity contribution in [1.29, 1.82) is 0 Å². The lowest BCUT2D eigenvalue weighted by Crippen LogP contribution is -2.14. The van der Waals surface area contributed by atoms with E-state index in [1.54, 1.807) is 6.08 Å². The summed E-state index contributed by atoms with van der Waals surface area (Å²) in [5.41, 5.74) is 0.962. The van der Waals surface area contributed by atoms with Gasteiger partial charge in [0.1, 0.15) is 6.61 Å². The van der Waals surface area contributed by atoms with Crippen LogP contribution in [0, 0.1) is 0 Å². The van der Waals surface area contributed by atoms with Gasteiger partial charge in [-0.2, -0.15) is 0 Å². The van der Waals surface area contributed by atoms with Crippen molar-refractivity contribution in [2.45, 2.75) is 44.8 Å². The Kier molecular flexibility index (Phi) is 9.40. The molecule has 0 amide bonds. The summed E-state index contributed by atoms with van der Waals surface area (Å²) in [4.78, 5) is 22.5. The summed E-state index contributed by atoms with van der Waals surface area (Å²) in [6.45, 7) is 0.285. The summed E-state index contributed by atoms with van der Waals surface area (Å²) in [6, 6.07) is 9.52. The summed E-state index contributed by atoms with van der Waals surface area (Å²) in [6.07, 6.45) is 5.24. The average molecular weight is 320 g/mol. The average Bonchev–Trinajstić information content (AvgIpc) is 2.56. The minimum atomic E-state index is -0.674. The molecule has 0 fully saturated rings. The summed E-state index contributed by atoms with van der Waals surface area (Å²) in [5, 5.41) is 9.57. The van der Waals surface area contributed by atoms with Crippen molar-refractivity contribution in [1.82, 2.24) is 0 Å². The molecular formula is C18H24O5. The quantitative estimate of drug-likeness (QED) is 0.408. The predicted octanol–water partition coefficient (Wildman–Crippen LogP) is 2.77. The van der Waals surface area contributed by atoms with Gasteiger partial charge in [-0.3, -0.25) is 9.59 Å². The fourth-order valence-electron chi connectivity index (χ4n) is 1.94. The van der Waals surface area contributed by atoms with Crippen molar-refractivity contribution in [2.24, 2.45) is 0 Å². The number of aliphatic hydroxyl groups is 1. The molecule has 5 nitrogen and oxygen atoms in total. The van der Waals surface area contributed by atoms with Gasteiger partial charge >= 0.3 is 11.9 Å². The largest absolute Gasteiger partial charge is 0.469 e. The Bertz CT molecular complexity index is 495.